The van der Waals surface area contributed by atoms with Gasteiger partial charge in [0.05, 0.1) is 11.4 Å². The molecule has 0 atom stereocenters. The van der Waals surface area contributed by atoms with E-state index in [1.165, 1.54) is 23.3 Å². The molecule has 0 saturated carbocycles. The van der Waals surface area contributed by atoms with Crippen LogP contribution in [-0.2, 0) is 0 Å². The second kappa shape index (κ2) is 77.3. The van der Waals surface area contributed by atoms with Gasteiger partial charge in [-0.2, -0.15) is 0 Å². The monoisotopic (exact) mass is 1170 g/mol. The molecule has 2 aromatic carbocycles. The molecule has 1 N–H and O–H groups in total. The van der Waals surface area contributed by atoms with Gasteiger partial charge in [0.15, 0.2) is 11.6 Å². The molecule has 0 aromatic heterocycles. The Bertz CT molecular complexity index is 2210. The summed E-state index contributed by atoms with van der Waals surface area (Å²) in [6, 6.07) is 15.3. The van der Waals surface area contributed by atoms with Gasteiger partial charge in [-0.15, -0.1) is 0 Å². The van der Waals surface area contributed by atoms with E-state index in [4.69, 9.17) is 14.3 Å². The van der Waals surface area contributed by atoms with Crippen molar-refractivity contribution >= 4 is 35.3 Å². The molecular weight excluding hydrogens is 1070 g/mol. The number of allylic oxidation sites excluding steroid dienone is 30. The summed E-state index contributed by atoms with van der Waals surface area (Å²) in [5.41, 5.74) is 6.57. The number of aliphatic imine (C=N–C) groups is 3. The molecule has 0 unspecified atom stereocenters. The molecule has 6 nitrogen and oxygen atoms in total. The first-order chi connectivity index (χ1) is 37.7. The topological polar surface area (TPSA) is 91.5 Å². The van der Waals surface area contributed by atoms with E-state index in [2.05, 4.69) is 58.3 Å². The average molecular weight is 1180 g/mol. The second-order valence-corrected chi connectivity index (χ2v) is 14.4. The first kappa shape index (κ1) is 93.4. The molecule has 0 amide bonds. The fourth-order valence-corrected chi connectivity index (χ4v) is 5.14. The smallest absolute Gasteiger partial charge is 0.508 e. The van der Waals surface area contributed by atoms with Crippen LogP contribution in [-0.4, -0.2) is 55.5 Å². The summed E-state index contributed by atoms with van der Waals surface area (Å²) in [5.74, 6) is 0.0154. The molecule has 2 aliphatic carbocycles. The number of carbonyl (C=O) groups excluding carboxylic acids is 2. The largest absolute Gasteiger partial charge is 1.00 e. The van der Waals surface area contributed by atoms with Gasteiger partial charge >= 0.3 is 58.2 Å². The van der Waals surface area contributed by atoms with Crippen LogP contribution >= 0.6 is 0 Å². The first-order valence-corrected chi connectivity index (χ1v) is 26.0. The number of rotatable bonds is 7. The van der Waals surface area contributed by atoms with Gasteiger partial charge in [0, 0.05) is 58.8 Å². The number of fused-ring (bicyclic) bond motifs is 1. The Kier molecular flexibility index (Phi) is 90.2. The number of aryl methyl sites for hydroxylation is 1. The van der Waals surface area contributed by atoms with E-state index in [1.807, 2.05) is 186 Å². The van der Waals surface area contributed by atoms with Crippen molar-refractivity contribution in [1.29, 1.82) is 0 Å². The Morgan fingerprint density at radius 1 is 0.500 bits per heavy atom. The third-order valence-electron chi connectivity index (χ3n) is 8.82. The third kappa shape index (κ3) is 56.7. The number of halogens is 3. The quantitative estimate of drug-likeness (QED) is 0.0748. The maximum Gasteiger partial charge on any atom is 1.00 e. The summed E-state index contributed by atoms with van der Waals surface area (Å²) in [6.07, 6.45) is 54.5. The van der Waals surface area contributed by atoms with E-state index < -0.39 is 0 Å². The van der Waals surface area contributed by atoms with Crippen molar-refractivity contribution in [3.8, 4) is 0 Å². The van der Waals surface area contributed by atoms with E-state index >= 15 is 0 Å². The number of carbonyl (C=O) groups is 2. The number of ketones is 2. The second-order valence-electron chi connectivity index (χ2n) is 14.4. The fourth-order valence-electron chi connectivity index (χ4n) is 5.14. The Balaban J connectivity index is -0.000000103. The number of aliphatic hydroxyl groups is 1. The SMILES string of the molecule is C/C=C1/C(=O)c2ccccc2C(=O)/C1=C/C.C/C=C\C(F)=C/C.C/C=C\C(O)=C/C.C/C=C\C=C/C.C/C=C\C=C/C.C/C=C\C=C/C.C/C=C\C=NC.C/C=C\c1ccccc1C.CC.CN=C1C=CC=CC1=NC.FF.[CH3-].[Rb+]. The molecule has 0 saturated heterocycles. The minimum Gasteiger partial charge on any atom is -0.508 e. The molecule has 0 spiro atoms. The van der Waals surface area contributed by atoms with E-state index in [1.54, 1.807) is 123 Å². The van der Waals surface area contributed by atoms with Crippen molar-refractivity contribution in [1.82, 2.24) is 0 Å². The van der Waals surface area contributed by atoms with Gasteiger partial charge in [-0.1, -0.05) is 196 Å². The molecule has 0 bridgehead atoms. The van der Waals surface area contributed by atoms with Crippen molar-refractivity contribution in [2.75, 3.05) is 21.1 Å². The minimum absolute atomic E-state index is 0. The summed E-state index contributed by atoms with van der Waals surface area (Å²) in [5, 5.41) is 8.63. The van der Waals surface area contributed by atoms with Gasteiger partial charge in [-0.25, -0.2) is 4.39 Å². The van der Waals surface area contributed by atoms with E-state index in [0.29, 0.717) is 28.0 Å². The zero-order chi connectivity index (χ0) is 61.2. The molecule has 436 valence electrons. The van der Waals surface area contributed by atoms with Crippen LogP contribution < -0.4 is 58.2 Å². The standard InChI is InChI=1S/C14H12O2.C10H12.C8H10N2.C6H9F.C6H10O.3C6H10.C5H9N.C2H6.CH3.F2.Rb/c1-3-9-10(4-2)14(16)12-8-6-5-7-11(12)13(9)15;1-3-6-10-8-5-4-7-9(10)2;1-9-7-5-3-4-6-8(7)10-2;2*1-3-5-6(7)4-2;3*1-3-5-6-4-2;1-3-4-5-6-2;1-2;;1-2;/h3-8H,1-2H3;3-8H,1-2H3;3-6H,1-2H3;3-5H,1-2H3;3-5,7H,1-2H3;3*3-6H,1-2H3;3-5H,1-2H3;1-2H3;1H3;;/q;;;;;;;;;;-1;;+1/b9-3+,10-4+;6-3-;;2*5-3-,6-4+;3*5-3-,6-4-;4-3-,6-5?;;;;. The molecule has 2 aliphatic rings. The van der Waals surface area contributed by atoms with E-state index in [0.717, 1.165) is 11.4 Å². The van der Waals surface area contributed by atoms with Crippen molar-refractivity contribution in [2.45, 2.75) is 118 Å². The number of Topliss-reactive ketones (excluding diaryl/α,β-unsaturated/α-hetero) is 2. The number of hydrogen-bond acceptors (Lipinski definition) is 6. The summed E-state index contributed by atoms with van der Waals surface area (Å²) < 4.78 is 27.9. The van der Waals surface area contributed by atoms with Crippen LogP contribution in [0.5, 0.6) is 0 Å². The fraction of sp³-hybridized carbons (Fsp3) is 0.286. The van der Waals surface area contributed by atoms with Crippen molar-refractivity contribution in [3.05, 3.63) is 265 Å². The number of nitrogens with zero attached hydrogens (tertiary/aromatic N) is 3. The molecule has 2 aromatic rings. The zero-order valence-electron chi connectivity index (χ0n) is 53.1. The van der Waals surface area contributed by atoms with Crippen LogP contribution in [0.1, 0.15) is 143 Å². The van der Waals surface area contributed by atoms with Gasteiger partial charge in [-0.3, -0.25) is 24.6 Å². The van der Waals surface area contributed by atoms with Crippen molar-refractivity contribution in [2.24, 2.45) is 15.0 Å². The average Bonchev–Trinajstić information content (AvgIpc) is 3.48. The predicted molar refractivity (Wildman–Crippen MR) is 352 cm³/mol. The number of hydrogen-bond donors (Lipinski definition) is 1. The van der Waals surface area contributed by atoms with Crippen molar-refractivity contribution < 1.29 is 86.4 Å². The van der Waals surface area contributed by atoms with Crippen LogP contribution in [0.25, 0.3) is 6.08 Å². The Hall–Kier alpha value is -5.97. The molecule has 10 heteroatoms. The summed E-state index contributed by atoms with van der Waals surface area (Å²) in [4.78, 5) is 36.0. The molecule has 0 aliphatic heterocycles. The molecule has 0 fully saturated rings. The maximum absolute atomic E-state index is 12.1. The van der Waals surface area contributed by atoms with Crippen LogP contribution in [0.15, 0.2) is 250 Å². The van der Waals surface area contributed by atoms with Gasteiger partial charge in [0.2, 0.25) is 0 Å². The normalized spacial score (nSPS) is 14.4. The van der Waals surface area contributed by atoms with Crippen LogP contribution in [0.2, 0.25) is 0 Å². The Morgan fingerprint density at radius 3 is 1.07 bits per heavy atom. The van der Waals surface area contributed by atoms with Gasteiger partial charge < -0.3 is 12.5 Å². The zero-order valence-corrected chi connectivity index (χ0v) is 58.0. The molecule has 4 rings (SSSR count). The van der Waals surface area contributed by atoms with Gasteiger partial charge in [0.25, 0.3) is 0 Å². The van der Waals surface area contributed by atoms with Crippen LogP contribution in [0.4, 0.5) is 13.5 Å². The van der Waals surface area contributed by atoms with Crippen LogP contribution in [0.3, 0.4) is 0 Å². The summed E-state index contributed by atoms with van der Waals surface area (Å²) in [7, 11) is 5.29. The van der Waals surface area contributed by atoms with Gasteiger partial charge in [0.1, 0.15) is 11.6 Å². The number of benzene rings is 2. The third-order valence-corrected chi connectivity index (χ3v) is 8.82. The van der Waals surface area contributed by atoms with Crippen LogP contribution in [0, 0.1) is 14.4 Å². The van der Waals surface area contributed by atoms with E-state index in [-0.39, 0.29) is 83.0 Å². The van der Waals surface area contributed by atoms with Gasteiger partial charge in [-0.05, 0) is 151 Å². The molecule has 0 radical (unpaired) electrons. The first-order valence-electron chi connectivity index (χ1n) is 26.0. The minimum atomic E-state index is -0.178. The maximum atomic E-state index is 12.1. The van der Waals surface area contributed by atoms with E-state index in [9.17, 15) is 14.0 Å². The number of aliphatic hydroxyl groups excluding tert-OH is 1. The molecular formula is C70H101F3N3O3Rb. The molecule has 0 heterocycles. The summed E-state index contributed by atoms with van der Waals surface area (Å²) >= 11 is 0. The summed E-state index contributed by atoms with van der Waals surface area (Å²) in [6.45, 7) is 32.8. The Morgan fingerprint density at radius 2 is 0.850 bits per heavy atom. The Labute approximate surface area is 535 Å². The predicted octanol–water partition coefficient (Wildman–Crippen LogP) is 18.7. The van der Waals surface area contributed by atoms with Crippen molar-refractivity contribution in [3.63, 3.8) is 0 Å². The molecule has 80 heavy (non-hydrogen) atoms.